The number of para-hydroxylation sites is 1. The standard InChI is InChI=1S/C17H30N2O.C3H8/c1-5-18-13-9-10-14-19(6-2)15(3)16-11-7-8-12-17(16)20-4;1-3-2/h7-8,11-12,15,18H,5-6,9-10,13-14H2,1-4H3;3H2,1-2H3/t15-;/m0./s1. The highest BCUT2D eigenvalue weighted by Gasteiger charge is 2.16. The summed E-state index contributed by atoms with van der Waals surface area (Å²) in [6.07, 6.45) is 3.73. The summed E-state index contributed by atoms with van der Waals surface area (Å²) in [6, 6.07) is 8.74. The summed E-state index contributed by atoms with van der Waals surface area (Å²) in [7, 11) is 1.75. The van der Waals surface area contributed by atoms with Crippen molar-refractivity contribution in [2.45, 2.75) is 59.9 Å². The summed E-state index contributed by atoms with van der Waals surface area (Å²) in [5.41, 5.74) is 1.28. The quantitative estimate of drug-likeness (QED) is 0.621. The van der Waals surface area contributed by atoms with Crippen molar-refractivity contribution in [3.8, 4) is 5.75 Å². The zero-order valence-corrected chi connectivity index (χ0v) is 16.2. The Bertz CT molecular complexity index is 382. The van der Waals surface area contributed by atoms with Gasteiger partial charge in [-0.1, -0.05) is 52.3 Å². The first kappa shape index (κ1) is 21.9. The Morgan fingerprint density at radius 2 is 1.74 bits per heavy atom. The molecule has 0 radical (unpaired) electrons. The molecule has 0 aromatic heterocycles. The lowest BCUT2D eigenvalue weighted by molar-refractivity contribution is 0.213. The second kappa shape index (κ2) is 14.5. The van der Waals surface area contributed by atoms with Gasteiger partial charge in [0.05, 0.1) is 7.11 Å². The molecule has 0 aliphatic rings. The first-order valence-corrected chi connectivity index (χ1v) is 9.23. The van der Waals surface area contributed by atoms with E-state index in [-0.39, 0.29) is 0 Å². The number of hydrogen-bond donors (Lipinski definition) is 1. The Morgan fingerprint density at radius 3 is 2.30 bits per heavy atom. The van der Waals surface area contributed by atoms with E-state index in [1.54, 1.807) is 7.11 Å². The molecule has 0 fully saturated rings. The third kappa shape index (κ3) is 8.97. The Kier molecular flexibility index (Phi) is 13.9. The fourth-order valence-corrected chi connectivity index (χ4v) is 2.58. The summed E-state index contributed by atoms with van der Waals surface area (Å²) >= 11 is 0. The molecule has 1 aromatic carbocycles. The van der Waals surface area contributed by atoms with Gasteiger partial charge in [-0.05, 0) is 52.0 Å². The summed E-state index contributed by atoms with van der Waals surface area (Å²) in [6.45, 7) is 15.3. The van der Waals surface area contributed by atoms with E-state index in [1.165, 1.54) is 24.8 Å². The van der Waals surface area contributed by atoms with Crippen LogP contribution in [0.1, 0.15) is 65.5 Å². The van der Waals surface area contributed by atoms with E-state index in [1.807, 2.05) is 12.1 Å². The van der Waals surface area contributed by atoms with Crippen molar-refractivity contribution in [1.29, 1.82) is 0 Å². The van der Waals surface area contributed by atoms with Gasteiger partial charge in [-0.3, -0.25) is 4.90 Å². The molecule has 1 aromatic rings. The number of nitrogens with one attached hydrogen (secondary N) is 1. The third-order valence-corrected chi connectivity index (χ3v) is 3.84. The minimum Gasteiger partial charge on any atom is -0.496 e. The van der Waals surface area contributed by atoms with Crippen LogP contribution in [0.3, 0.4) is 0 Å². The topological polar surface area (TPSA) is 24.5 Å². The van der Waals surface area contributed by atoms with Crippen LogP contribution in [0.15, 0.2) is 24.3 Å². The number of hydrogen-bond acceptors (Lipinski definition) is 3. The van der Waals surface area contributed by atoms with Gasteiger partial charge < -0.3 is 10.1 Å². The van der Waals surface area contributed by atoms with Gasteiger partial charge in [0.15, 0.2) is 0 Å². The fourth-order valence-electron chi connectivity index (χ4n) is 2.58. The highest BCUT2D eigenvalue weighted by molar-refractivity contribution is 5.35. The van der Waals surface area contributed by atoms with Gasteiger partial charge in [0.1, 0.15) is 5.75 Å². The van der Waals surface area contributed by atoms with Crippen molar-refractivity contribution in [2.75, 3.05) is 33.3 Å². The molecular weight excluding hydrogens is 284 g/mol. The summed E-state index contributed by atoms with van der Waals surface area (Å²) in [4.78, 5) is 2.52. The van der Waals surface area contributed by atoms with E-state index in [9.17, 15) is 0 Å². The maximum atomic E-state index is 5.48. The SMILES string of the molecule is CCC.CCNCCCCN(CC)[C@@H](C)c1ccccc1OC. The number of unbranched alkanes of at least 4 members (excludes halogenated alkanes) is 1. The van der Waals surface area contributed by atoms with Crippen LogP contribution in [-0.4, -0.2) is 38.2 Å². The molecule has 23 heavy (non-hydrogen) atoms. The zero-order chi connectivity index (χ0) is 17.5. The van der Waals surface area contributed by atoms with Gasteiger partial charge >= 0.3 is 0 Å². The maximum Gasteiger partial charge on any atom is 0.123 e. The van der Waals surface area contributed by atoms with Gasteiger partial charge in [0.2, 0.25) is 0 Å². The predicted octanol–water partition coefficient (Wildman–Crippen LogP) is 4.88. The highest BCUT2D eigenvalue weighted by Crippen LogP contribution is 2.28. The molecular formula is C20H38N2O. The van der Waals surface area contributed by atoms with Gasteiger partial charge in [-0.15, -0.1) is 0 Å². The molecule has 0 aliphatic carbocycles. The lowest BCUT2D eigenvalue weighted by atomic mass is 10.1. The van der Waals surface area contributed by atoms with Crippen molar-refractivity contribution in [3.05, 3.63) is 29.8 Å². The Labute approximate surface area is 144 Å². The molecule has 134 valence electrons. The predicted molar refractivity (Wildman–Crippen MR) is 102 cm³/mol. The smallest absolute Gasteiger partial charge is 0.123 e. The van der Waals surface area contributed by atoms with Crippen LogP contribution in [0.5, 0.6) is 5.75 Å². The van der Waals surface area contributed by atoms with Gasteiger partial charge in [-0.25, -0.2) is 0 Å². The zero-order valence-electron chi connectivity index (χ0n) is 16.2. The van der Waals surface area contributed by atoms with E-state index >= 15 is 0 Å². The molecule has 0 saturated carbocycles. The first-order chi connectivity index (χ1) is 11.2. The first-order valence-electron chi connectivity index (χ1n) is 9.23. The highest BCUT2D eigenvalue weighted by atomic mass is 16.5. The van der Waals surface area contributed by atoms with Crippen molar-refractivity contribution in [1.82, 2.24) is 10.2 Å². The minimum atomic E-state index is 0.398. The van der Waals surface area contributed by atoms with Gasteiger partial charge in [0, 0.05) is 11.6 Å². The van der Waals surface area contributed by atoms with Crippen LogP contribution in [-0.2, 0) is 0 Å². The average molecular weight is 323 g/mol. The minimum absolute atomic E-state index is 0.398. The van der Waals surface area contributed by atoms with E-state index in [4.69, 9.17) is 4.74 Å². The summed E-state index contributed by atoms with van der Waals surface area (Å²) < 4.78 is 5.48. The van der Waals surface area contributed by atoms with Crippen LogP contribution < -0.4 is 10.1 Å². The maximum absolute atomic E-state index is 5.48. The second-order valence-corrected chi connectivity index (χ2v) is 5.81. The lowest BCUT2D eigenvalue weighted by Crippen LogP contribution is -2.28. The largest absolute Gasteiger partial charge is 0.496 e. The monoisotopic (exact) mass is 322 g/mol. The Hall–Kier alpha value is -1.06. The molecule has 3 heteroatoms. The molecule has 0 bridgehead atoms. The van der Waals surface area contributed by atoms with E-state index in [2.05, 4.69) is 57.0 Å². The third-order valence-electron chi connectivity index (χ3n) is 3.84. The molecule has 0 unspecified atom stereocenters. The average Bonchev–Trinajstić information content (AvgIpc) is 2.58. The summed E-state index contributed by atoms with van der Waals surface area (Å²) in [5.74, 6) is 0.992. The van der Waals surface area contributed by atoms with Gasteiger partial charge in [-0.2, -0.15) is 0 Å². The second-order valence-electron chi connectivity index (χ2n) is 5.81. The number of rotatable bonds is 10. The van der Waals surface area contributed by atoms with E-state index < -0.39 is 0 Å². The van der Waals surface area contributed by atoms with Crippen LogP contribution >= 0.6 is 0 Å². The molecule has 3 nitrogen and oxygen atoms in total. The molecule has 0 heterocycles. The number of benzene rings is 1. The van der Waals surface area contributed by atoms with Crippen LogP contribution in [0, 0.1) is 0 Å². The van der Waals surface area contributed by atoms with Crippen molar-refractivity contribution < 1.29 is 4.74 Å². The van der Waals surface area contributed by atoms with Crippen molar-refractivity contribution >= 4 is 0 Å². The fraction of sp³-hybridized carbons (Fsp3) is 0.700. The molecule has 0 spiro atoms. The van der Waals surface area contributed by atoms with Crippen LogP contribution in [0.2, 0.25) is 0 Å². The van der Waals surface area contributed by atoms with E-state index in [0.717, 1.165) is 31.9 Å². The summed E-state index contributed by atoms with van der Waals surface area (Å²) in [5, 5.41) is 3.38. The van der Waals surface area contributed by atoms with Crippen molar-refractivity contribution in [3.63, 3.8) is 0 Å². The van der Waals surface area contributed by atoms with Crippen LogP contribution in [0.25, 0.3) is 0 Å². The molecule has 0 amide bonds. The van der Waals surface area contributed by atoms with E-state index in [0.29, 0.717) is 6.04 Å². The Morgan fingerprint density at radius 1 is 1.09 bits per heavy atom. The van der Waals surface area contributed by atoms with Crippen LogP contribution in [0.4, 0.5) is 0 Å². The number of nitrogens with zero attached hydrogens (tertiary/aromatic N) is 1. The number of methoxy groups -OCH3 is 1. The Balaban J connectivity index is 0.00000149. The molecule has 1 rings (SSSR count). The molecule has 1 N–H and O–H groups in total. The molecule has 0 aliphatic heterocycles. The van der Waals surface area contributed by atoms with Gasteiger partial charge in [0.25, 0.3) is 0 Å². The number of ether oxygens (including phenoxy) is 1. The lowest BCUT2D eigenvalue weighted by Gasteiger charge is -2.29. The molecule has 1 atom stereocenters. The van der Waals surface area contributed by atoms with Crippen molar-refractivity contribution in [2.24, 2.45) is 0 Å². The molecule has 0 saturated heterocycles. The normalized spacial score (nSPS) is 11.8.